The van der Waals surface area contributed by atoms with E-state index in [4.69, 9.17) is 4.74 Å². The fourth-order valence-corrected chi connectivity index (χ4v) is 3.88. The van der Waals surface area contributed by atoms with Gasteiger partial charge in [0.15, 0.2) is 5.82 Å². The Morgan fingerprint density at radius 2 is 1.72 bits per heavy atom. The van der Waals surface area contributed by atoms with Gasteiger partial charge in [-0.1, -0.05) is 18.2 Å². The minimum atomic E-state index is -4.00. The molecule has 0 aliphatic carbocycles. The zero-order valence-corrected chi connectivity index (χ0v) is 17.3. The maximum absolute atomic E-state index is 12.9. The van der Waals surface area contributed by atoms with Crippen LogP contribution in [0.15, 0.2) is 41.3 Å². The number of ether oxygens (including phenoxy) is 1. The molecular formula is C19H21N5O4S. The number of rotatable bonds is 6. The van der Waals surface area contributed by atoms with Crippen LogP contribution in [0.25, 0.3) is 5.95 Å². The number of anilines is 1. The van der Waals surface area contributed by atoms with Crippen molar-refractivity contribution >= 4 is 21.8 Å². The zero-order valence-electron chi connectivity index (χ0n) is 16.5. The molecule has 0 bridgehead atoms. The summed E-state index contributed by atoms with van der Waals surface area (Å²) >= 11 is 0. The Balaban J connectivity index is 2.20. The van der Waals surface area contributed by atoms with Crippen LogP contribution in [0, 0.1) is 20.8 Å². The van der Waals surface area contributed by atoms with Crippen LogP contribution >= 0.6 is 0 Å². The van der Waals surface area contributed by atoms with Gasteiger partial charge in [-0.15, -0.1) is 0 Å². The first-order valence-electron chi connectivity index (χ1n) is 8.90. The number of hydrogen-bond donors (Lipinski definition) is 1. The summed E-state index contributed by atoms with van der Waals surface area (Å²) < 4.78 is 34.6. The Morgan fingerprint density at radius 1 is 1.10 bits per heavy atom. The van der Waals surface area contributed by atoms with E-state index in [1.165, 1.54) is 16.8 Å². The molecule has 0 atom stereocenters. The van der Waals surface area contributed by atoms with Crippen LogP contribution in [-0.4, -0.2) is 40.7 Å². The molecule has 2 aromatic heterocycles. The Bertz CT molecular complexity index is 1140. The predicted molar refractivity (Wildman–Crippen MR) is 107 cm³/mol. The number of aryl methyl sites for hydroxylation is 3. The molecule has 2 heterocycles. The third kappa shape index (κ3) is 4.27. The highest BCUT2D eigenvalue weighted by Crippen LogP contribution is 2.26. The zero-order chi connectivity index (χ0) is 21.2. The van der Waals surface area contributed by atoms with Crippen LogP contribution in [0.4, 0.5) is 5.82 Å². The van der Waals surface area contributed by atoms with Gasteiger partial charge < -0.3 is 4.74 Å². The first kappa shape index (κ1) is 20.5. The Morgan fingerprint density at radius 3 is 2.31 bits per heavy atom. The van der Waals surface area contributed by atoms with Crippen molar-refractivity contribution in [2.75, 3.05) is 11.3 Å². The van der Waals surface area contributed by atoms with Gasteiger partial charge in [-0.05, 0) is 45.9 Å². The molecule has 0 spiro atoms. The summed E-state index contributed by atoms with van der Waals surface area (Å²) in [5.41, 5.74) is 1.65. The second-order valence-corrected chi connectivity index (χ2v) is 7.99. The molecule has 0 saturated carbocycles. The summed E-state index contributed by atoms with van der Waals surface area (Å²) in [4.78, 5) is 21.2. The van der Waals surface area contributed by atoms with E-state index in [2.05, 4.69) is 19.8 Å². The molecule has 3 rings (SSSR count). The van der Waals surface area contributed by atoms with E-state index < -0.39 is 16.0 Å². The minimum Gasteiger partial charge on any atom is -0.462 e. The number of nitrogens with zero attached hydrogens (tertiary/aromatic N) is 4. The van der Waals surface area contributed by atoms with Crippen molar-refractivity contribution in [3.05, 3.63) is 59.0 Å². The van der Waals surface area contributed by atoms with Gasteiger partial charge >= 0.3 is 5.97 Å². The van der Waals surface area contributed by atoms with E-state index >= 15 is 0 Å². The lowest BCUT2D eigenvalue weighted by atomic mass is 10.2. The number of sulfonamides is 1. The van der Waals surface area contributed by atoms with Crippen molar-refractivity contribution in [2.24, 2.45) is 0 Å². The molecule has 29 heavy (non-hydrogen) atoms. The van der Waals surface area contributed by atoms with Crippen LogP contribution in [0.2, 0.25) is 0 Å². The highest BCUT2D eigenvalue weighted by molar-refractivity contribution is 7.92. The van der Waals surface area contributed by atoms with E-state index in [0.29, 0.717) is 11.4 Å². The van der Waals surface area contributed by atoms with Gasteiger partial charge in [-0.2, -0.15) is 9.78 Å². The van der Waals surface area contributed by atoms with Gasteiger partial charge in [0.25, 0.3) is 16.0 Å². The van der Waals surface area contributed by atoms with Crippen molar-refractivity contribution in [1.29, 1.82) is 0 Å². The van der Waals surface area contributed by atoms with E-state index in [1.807, 2.05) is 0 Å². The fourth-order valence-electron chi connectivity index (χ4n) is 2.80. The highest BCUT2D eigenvalue weighted by Gasteiger charge is 2.28. The van der Waals surface area contributed by atoms with Crippen molar-refractivity contribution in [3.63, 3.8) is 0 Å². The standard InChI is InChI=1S/C19H21N5O4S/c1-5-28-18(25)16-14(4)22-24(19-20-12(2)11-13(3)21-19)17(16)23-29(26,27)15-9-7-6-8-10-15/h6-11,23H,5H2,1-4H3. The third-order valence-corrected chi connectivity index (χ3v) is 5.34. The molecule has 3 aromatic rings. The second-order valence-electron chi connectivity index (χ2n) is 6.31. The summed E-state index contributed by atoms with van der Waals surface area (Å²) in [5, 5.41) is 4.31. The van der Waals surface area contributed by atoms with Crippen LogP contribution in [0.3, 0.4) is 0 Å². The lowest BCUT2D eigenvalue weighted by Gasteiger charge is -2.12. The SMILES string of the molecule is CCOC(=O)c1c(C)nn(-c2nc(C)cc(C)n2)c1NS(=O)(=O)c1ccccc1. The molecule has 152 valence electrons. The average Bonchev–Trinajstić information content (AvgIpc) is 2.97. The molecule has 0 saturated heterocycles. The molecule has 0 fully saturated rings. The molecule has 1 N–H and O–H groups in total. The smallest absolute Gasteiger partial charge is 0.343 e. The van der Waals surface area contributed by atoms with Gasteiger partial charge in [0, 0.05) is 11.4 Å². The Kier molecular flexibility index (Phi) is 5.64. The summed E-state index contributed by atoms with van der Waals surface area (Å²) in [6.07, 6.45) is 0. The fraction of sp³-hybridized carbons (Fsp3) is 0.263. The number of carbonyl (C=O) groups excluding carboxylic acids is 1. The highest BCUT2D eigenvalue weighted by atomic mass is 32.2. The Hall–Kier alpha value is -3.27. The summed E-state index contributed by atoms with van der Waals surface area (Å²) in [6, 6.07) is 9.61. The van der Waals surface area contributed by atoms with E-state index in [0.717, 1.165) is 0 Å². The lowest BCUT2D eigenvalue weighted by Crippen LogP contribution is -2.19. The maximum Gasteiger partial charge on any atom is 0.343 e. The maximum atomic E-state index is 12.9. The molecule has 1 aromatic carbocycles. The molecule has 0 amide bonds. The van der Waals surface area contributed by atoms with Gasteiger partial charge in [-0.3, -0.25) is 4.72 Å². The average molecular weight is 415 g/mol. The van der Waals surface area contributed by atoms with Crippen LogP contribution in [0.5, 0.6) is 0 Å². The van der Waals surface area contributed by atoms with Crippen LogP contribution in [0.1, 0.15) is 34.4 Å². The minimum absolute atomic E-state index is 0.00844. The van der Waals surface area contributed by atoms with Crippen molar-refractivity contribution in [1.82, 2.24) is 19.7 Å². The van der Waals surface area contributed by atoms with Crippen molar-refractivity contribution in [2.45, 2.75) is 32.6 Å². The second kappa shape index (κ2) is 8.00. The number of carbonyl (C=O) groups is 1. The van der Waals surface area contributed by atoms with Crippen molar-refractivity contribution in [3.8, 4) is 5.95 Å². The van der Waals surface area contributed by atoms with Gasteiger partial charge in [0.2, 0.25) is 0 Å². The van der Waals surface area contributed by atoms with E-state index in [9.17, 15) is 13.2 Å². The lowest BCUT2D eigenvalue weighted by molar-refractivity contribution is 0.0527. The quantitative estimate of drug-likeness (QED) is 0.615. The number of aromatic nitrogens is 4. The molecule has 0 unspecified atom stereocenters. The number of nitrogens with one attached hydrogen (secondary N) is 1. The molecule has 0 aliphatic rings. The normalized spacial score (nSPS) is 11.3. The monoisotopic (exact) mass is 415 g/mol. The summed E-state index contributed by atoms with van der Waals surface area (Å²) in [7, 11) is -4.00. The molecule has 0 aliphatic heterocycles. The van der Waals surface area contributed by atoms with Crippen LogP contribution in [-0.2, 0) is 14.8 Å². The topological polar surface area (TPSA) is 116 Å². The molecule has 9 nitrogen and oxygen atoms in total. The molecule has 10 heteroatoms. The molecule has 0 radical (unpaired) electrons. The largest absolute Gasteiger partial charge is 0.462 e. The van der Waals surface area contributed by atoms with Crippen LogP contribution < -0.4 is 4.72 Å². The first-order valence-corrected chi connectivity index (χ1v) is 10.4. The Labute approximate surface area is 168 Å². The van der Waals surface area contributed by atoms with E-state index in [-0.39, 0.29) is 34.5 Å². The first-order chi connectivity index (χ1) is 13.7. The van der Waals surface area contributed by atoms with Gasteiger partial charge in [0.1, 0.15) is 5.56 Å². The number of hydrogen-bond acceptors (Lipinski definition) is 7. The van der Waals surface area contributed by atoms with E-state index in [1.54, 1.807) is 52.0 Å². The van der Waals surface area contributed by atoms with Gasteiger partial charge in [0.05, 0.1) is 17.2 Å². The summed E-state index contributed by atoms with van der Waals surface area (Å²) in [6.45, 7) is 6.96. The van der Waals surface area contributed by atoms with Gasteiger partial charge in [-0.25, -0.2) is 23.2 Å². The summed E-state index contributed by atoms with van der Waals surface area (Å²) in [5.74, 6) is -0.618. The number of benzene rings is 1. The molecular weight excluding hydrogens is 394 g/mol. The van der Waals surface area contributed by atoms with Crippen molar-refractivity contribution < 1.29 is 17.9 Å². The predicted octanol–water partition coefficient (Wildman–Crippen LogP) is 2.57. The third-order valence-electron chi connectivity index (χ3n) is 3.98. The number of esters is 1.